The minimum absolute atomic E-state index is 0.00952. The molecule has 3 N–H and O–H groups in total. The van der Waals surface area contributed by atoms with E-state index in [0.717, 1.165) is 5.69 Å². The molecule has 0 aliphatic rings. The number of rotatable bonds is 5. The number of anilines is 1. The topological polar surface area (TPSA) is 108 Å². The summed E-state index contributed by atoms with van der Waals surface area (Å²) in [5.41, 5.74) is 3.08. The maximum Gasteiger partial charge on any atom is 0.266 e. The Bertz CT molecular complexity index is 1160. The lowest BCUT2D eigenvalue weighted by molar-refractivity contribution is -0.115. The van der Waals surface area contributed by atoms with Gasteiger partial charge in [-0.25, -0.2) is 9.50 Å². The van der Waals surface area contributed by atoms with Crippen LogP contribution in [0.1, 0.15) is 41.2 Å². The van der Waals surface area contributed by atoms with Crippen LogP contribution in [0.2, 0.25) is 5.02 Å². The number of halogens is 1. The van der Waals surface area contributed by atoms with E-state index >= 15 is 0 Å². The lowest BCUT2D eigenvalue weighted by atomic mass is 10.1. The van der Waals surface area contributed by atoms with Crippen molar-refractivity contribution in [2.75, 3.05) is 5.32 Å². The third-order valence-electron chi connectivity index (χ3n) is 4.46. The number of hydrogen-bond donors (Lipinski definition) is 3. The van der Waals surface area contributed by atoms with Crippen LogP contribution in [0.25, 0.3) is 5.65 Å². The molecule has 0 saturated carbocycles. The zero-order valence-corrected chi connectivity index (χ0v) is 17.3. The number of aromatic nitrogens is 3. The minimum atomic E-state index is -0.310. The van der Waals surface area contributed by atoms with Crippen molar-refractivity contribution in [1.29, 1.82) is 0 Å². The van der Waals surface area contributed by atoms with Gasteiger partial charge in [-0.15, -0.1) is 0 Å². The molecule has 29 heavy (non-hydrogen) atoms. The number of H-pyrrole nitrogens is 1. The standard InChI is InChI=1S/C20H22ClN5O3/c1-10(2)22-20(29)13-5-6-15(21)16(7-13)24-18(27)8-14-11(3)23-17-9-19(28)25-26(17)12(14)4/h5-7,9-10H,8H2,1-4H3,(H,22,29)(H,24,27)(H,25,28). The molecule has 0 spiro atoms. The van der Waals surface area contributed by atoms with Crippen LogP contribution in [0.5, 0.6) is 0 Å². The quantitative estimate of drug-likeness (QED) is 0.595. The first-order valence-corrected chi connectivity index (χ1v) is 9.51. The van der Waals surface area contributed by atoms with Crippen molar-refractivity contribution in [3.8, 4) is 0 Å². The van der Waals surface area contributed by atoms with Crippen molar-refractivity contribution in [3.63, 3.8) is 0 Å². The first-order valence-electron chi connectivity index (χ1n) is 9.14. The Kier molecular flexibility index (Phi) is 5.74. The number of carbonyl (C=O) groups is 2. The van der Waals surface area contributed by atoms with E-state index in [9.17, 15) is 14.4 Å². The van der Waals surface area contributed by atoms with Crippen LogP contribution in [-0.2, 0) is 11.2 Å². The third-order valence-corrected chi connectivity index (χ3v) is 4.79. The average molecular weight is 416 g/mol. The number of carbonyl (C=O) groups excluding carboxylic acids is 2. The molecule has 2 heterocycles. The fourth-order valence-electron chi connectivity index (χ4n) is 3.07. The predicted octanol–water partition coefficient (Wildman–Crippen LogP) is 2.61. The van der Waals surface area contributed by atoms with Gasteiger partial charge >= 0.3 is 0 Å². The van der Waals surface area contributed by atoms with Crippen LogP contribution in [0.4, 0.5) is 5.69 Å². The van der Waals surface area contributed by atoms with Gasteiger partial charge in [-0.1, -0.05) is 11.6 Å². The number of aryl methyl sites for hydroxylation is 2. The van der Waals surface area contributed by atoms with E-state index in [1.165, 1.54) is 6.07 Å². The Morgan fingerprint density at radius 1 is 1.24 bits per heavy atom. The van der Waals surface area contributed by atoms with E-state index in [1.54, 1.807) is 29.6 Å². The zero-order valence-electron chi connectivity index (χ0n) is 16.6. The number of amides is 2. The van der Waals surface area contributed by atoms with Crippen LogP contribution in [-0.4, -0.2) is 32.5 Å². The summed E-state index contributed by atoms with van der Waals surface area (Å²) in [4.78, 5) is 40.8. The molecule has 0 saturated heterocycles. The smallest absolute Gasteiger partial charge is 0.266 e. The first-order chi connectivity index (χ1) is 13.7. The molecular weight excluding hydrogens is 394 g/mol. The largest absolute Gasteiger partial charge is 0.350 e. The SMILES string of the molecule is Cc1nc2cc(=O)[nH]n2c(C)c1CC(=O)Nc1cc(C(=O)NC(C)C)ccc1Cl. The number of benzene rings is 1. The molecule has 3 rings (SSSR count). The van der Waals surface area contributed by atoms with Crippen molar-refractivity contribution in [1.82, 2.24) is 19.9 Å². The summed E-state index contributed by atoms with van der Waals surface area (Å²) < 4.78 is 1.56. The van der Waals surface area contributed by atoms with E-state index in [2.05, 4.69) is 20.7 Å². The second kappa shape index (κ2) is 8.08. The Hall–Kier alpha value is -3.13. The van der Waals surface area contributed by atoms with Crippen molar-refractivity contribution >= 4 is 34.7 Å². The van der Waals surface area contributed by atoms with Crippen molar-refractivity contribution in [3.05, 3.63) is 62.2 Å². The van der Waals surface area contributed by atoms with Crippen LogP contribution in [0.3, 0.4) is 0 Å². The van der Waals surface area contributed by atoms with Crippen LogP contribution < -0.4 is 16.2 Å². The fraction of sp³-hybridized carbons (Fsp3) is 0.300. The molecule has 9 heteroatoms. The monoisotopic (exact) mass is 415 g/mol. The van der Waals surface area contributed by atoms with Crippen molar-refractivity contribution in [2.45, 2.75) is 40.2 Å². The Balaban J connectivity index is 1.83. The van der Waals surface area contributed by atoms with E-state index < -0.39 is 0 Å². The predicted molar refractivity (Wildman–Crippen MR) is 112 cm³/mol. The summed E-state index contributed by atoms with van der Waals surface area (Å²) in [5.74, 6) is -0.555. The van der Waals surface area contributed by atoms with Gasteiger partial charge in [-0.2, -0.15) is 0 Å². The highest BCUT2D eigenvalue weighted by Gasteiger charge is 2.16. The zero-order chi connectivity index (χ0) is 21.3. The number of nitrogens with one attached hydrogen (secondary N) is 3. The summed E-state index contributed by atoms with van der Waals surface area (Å²) in [7, 11) is 0. The Morgan fingerprint density at radius 3 is 2.66 bits per heavy atom. The van der Waals surface area contributed by atoms with Gasteiger partial charge < -0.3 is 10.6 Å². The normalized spacial score (nSPS) is 11.1. The number of aromatic amines is 1. The lowest BCUT2D eigenvalue weighted by Crippen LogP contribution is -2.30. The van der Waals surface area contributed by atoms with E-state index in [4.69, 9.17) is 11.6 Å². The molecule has 0 aliphatic carbocycles. The highest BCUT2D eigenvalue weighted by molar-refractivity contribution is 6.33. The number of hydrogen-bond acceptors (Lipinski definition) is 4. The van der Waals surface area contributed by atoms with E-state index in [-0.39, 0.29) is 29.8 Å². The summed E-state index contributed by atoms with van der Waals surface area (Å²) >= 11 is 6.19. The van der Waals surface area contributed by atoms with Gasteiger partial charge in [0.2, 0.25) is 5.91 Å². The molecule has 0 radical (unpaired) electrons. The summed E-state index contributed by atoms with van der Waals surface area (Å²) in [6.07, 6.45) is 0.0412. The van der Waals surface area contributed by atoms with Crippen molar-refractivity contribution in [2.24, 2.45) is 0 Å². The number of fused-ring (bicyclic) bond motifs is 1. The highest BCUT2D eigenvalue weighted by Crippen LogP contribution is 2.24. The molecule has 0 unspecified atom stereocenters. The lowest BCUT2D eigenvalue weighted by Gasteiger charge is -2.13. The molecule has 1 aromatic carbocycles. The highest BCUT2D eigenvalue weighted by atomic mass is 35.5. The van der Waals surface area contributed by atoms with Gasteiger partial charge in [-0.05, 0) is 45.9 Å². The Labute approximate surface area is 172 Å². The molecular formula is C20H22ClN5O3. The third kappa shape index (κ3) is 4.48. The van der Waals surface area contributed by atoms with E-state index in [1.807, 2.05) is 20.8 Å². The molecule has 2 amide bonds. The van der Waals surface area contributed by atoms with Gasteiger partial charge in [0.25, 0.3) is 11.5 Å². The maximum absolute atomic E-state index is 12.7. The average Bonchev–Trinajstić information content (AvgIpc) is 3.00. The summed E-state index contributed by atoms with van der Waals surface area (Å²) in [5, 5.41) is 8.55. The minimum Gasteiger partial charge on any atom is -0.350 e. The summed E-state index contributed by atoms with van der Waals surface area (Å²) in [6, 6.07) is 6.11. The molecule has 0 bridgehead atoms. The van der Waals surface area contributed by atoms with Gasteiger partial charge in [0, 0.05) is 34.6 Å². The van der Waals surface area contributed by atoms with Gasteiger partial charge in [-0.3, -0.25) is 19.5 Å². The second-order valence-corrected chi connectivity index (χ2v) is 7.53. The maximum atomic E-state index is 12.7. The molecule has 0 fully saturated rings. The summed E-state index contributed by atoms with van der Waals surface area (Å²) in [6.45, 7) is 7.33. The molecule has 152 valence electrons. The molecule has 2 aromatic heterocycles. The first kappa shape index (κ1) is 20.6. The van der Waals surface area contributed by atoms with E-state index in [0.29, 0.717) is 33.2 Å². The Morgan fingerprint density at radius 2 is 1.97 bits per heavy atom. The molecule has 8 nitrogen and oxygen atoms in total. The van der Waals surface area contributed by atoms with Crippen LogP contribution >= 0.6 is 11.6 Å². The number of nitrogens with zero attached hydrogens (tertiary/aromatic N) is 2. The van der Waals surface area contributed by atoms with Gasteiger partial charge in [0.1, 0.15) is 0 Å². The van der Waals surface area contributed by atoms with Crippen LogP contribution in [0.15, 0.2) is 29.1 Å². The van der Waals surface area contributed by atoms with Crippen molar-refractivity contribution < 1.29 is 9.59 Å². The molecule has 3 aromatic rings. The fourth-order valence-corrected chi connectivity index (χ4v) is 3.24. The molecule has 0 atom stereocenters. The second-order valence-electron chi connectivity index (χ2n) is 7.12. The van der Waals surface area contributed by atoms with Crippen LogP contribution in [0, 0.1) is 13.8 Å². The van der Waals surface area contributed by atoms with Gasteiger partial charge in [0.15, 0.2) is 5.65 Å². The van der Waals surface area contributed by atoms with Gasteiger partial charge in [0.05, 0.1) is 17.1 Å². The molecule has 0 aliphatic heterocycles.